The third-order valence-corrected chi connectivity index (χ3v) is 4.63. The molecule has 0 aliphatic heterocycles. The number of methoxy groups -OCH3 is 1. The summed E-state index contributed by atoms with van der Waals surface area (Å²) in [7, 11) is 1.65. The Balaban J connectivity index is 1.78. The number of carbonyl (C=O) groups is 2. The topological polar surface area (TPSA) is 58.6 Å². The highest BCUT2D eigenvalue weighted by Gasteiger charge is 2.49. The molecule has 5 heteroatoms. The van der Waals surface area contributed by atoms with Gasteiger partial charge in [-0.1, -0.05) is 32.0 Å². The lowest BCUT2D eigenvalue weighted by atomic mass is 10.1. The quantitative estimate of drug-likeness (QED) is 0.708. The van der Waals surface area contributed by atoms with Crippen LogP contribution in [-0.2, 0) is 16.0 Å². The number of ether oxygens (including phenoxy) is 1. The van der Waals surface area contributed by atoms with Crippen LogP contribution >= 0.6 is 0 Å². The Hall–Kier alpha value is -2.04. The van der Waals surface area contributed by atoms with E-state index in [1.807, 2.05) is 29.2 Å². The van der Waals surface area contributed by atoms with Crippen molar-refractivity contribution in [2.75, 3.05) is 26.7 Å². The Bertz CT molecular complexity index is 582. The van der Waals surface area contributed by atoms with Crippen molar-refractivity contribution in [1.82, 2.24) is 10.2 Å². The molecule has 0 radical (unpaired) electrons. The molecule has 138 valence electrons. The average molecular weight is 346 g/mol. The van der Waals surface area contributed by atoms with Gasteiger partial charge >= 0.3 is 0 Å². The monoisotopic (exact) mass is 346 g/mol. The lowest BCUT2D eigenvalue weighted by Gasteiger charge is -2.21. The first-order valence-corrected chi connectivity index (χ1v) is 9.30. The molecule has 1 aliphatic rings. The van der Waals surface area contributed by atoms with E-state index < -0.39 is 0 Å². The first-order valence-electron chi connectivity index (χ1n) is 9.30. The minimum absolute atomic E-state index is 0.00111. The first-order chi connectivity index (χ1) is 12.1. The van der Waals surface area contributed by atoms with Gasteiger partial charge in [0, 0.05) is 19.6 Å². The van der Waals surface area contributed by atoms with E-state index in [4.69, 9.17) is 4.74 Å². The van der Waals surface area contributed by atoms with Crippen LogP contribution in [0.2, 0.25) is 0 Å². The van der Waals surface area contributed by atoms with Gasteiger partial charge < -0.3 is 15.0 Å². The summed E-state index contributed by atoms with van der Waals surface area (Å²) in [6, 6.07) is 7.82. The average Bonchev–Trinajstić information content (AvgIpc) is 3.42. The van der Waals surface area contributed by atoms with Crippen LogP contribution in [0.1, 0.15) is 38.7 Å². The second kappa shape index (κ2) is 9.44. The highest BCUT2D eigenvalue weighted by atomic mass is 16.5. The molecule has 25 heavy (non-hydrogen) atoms. The van der Waals surface area contributed by atoms with Crippen LogP contribution in [0.3, 0.4) is 0 Å². The van der Waals surface area contributed by atoms with Gasteiger partial charge in [-0.3, -0.25) is 9.59 Å². The normalized spacial score (nSPS) is 18.5. The SMILES string of the molecule is CCCN(CCC)C(=O)C1CC1C(=O)NCCc1ccccc1OC. The molecule has 1 fully saturated rings. The molecule has 2 rings (SSSR count). The summed E-state index contributed by atoms with van der Waals surface area (Å²) in [5, 5.41) is 2.97. The Morgan fingerprint density at radius 1 is 1.16 bits per heavy atom. The predicted molar refractivity (Wildman–Crippen MR) is 98.5 cm³/mol. The van der Waals surface area contributed by atoms with E-state index in [-0.39, 0.29) is 23.7 Å². The lowest BCUT2D eigenvalue weighted by molar-refractivity contribution is -0.134. The van der Waals surface area contributed by atoms with Gasteiger partial charge in [0.25, 0.3) is 0 Å². The van der Waals surface area contributed by atoms with Crippen molar-refractivity contribution in [1.29, 1.82) is 0 Å². The third kappa shape index (κ3) is 5.21. The van der Waals surface area contributed by atoms with Crippen LogP contribution in [-0.4, -0.2) is 43.5 Å². The van der Waals surface area contributed by atoms with E-state index >= 15 is 0 Å². The van der Waals surface area contributed by atoms with E-state index in [1.54, 1.807) is 7.11 Å². The van der Waals surface area contributed by atoms with Crippen molar-refractivity contribution in [3.8, 4) is 5.75 Å². The smallest absolute Gasteiger partial charge is 0.226 e. The predicted octanol–water partition coefficient (Wildman–Crippen LogP) is 2.64. The Morgan fingerprint density at radius 2 is 1.84 bits per heavy atom. The first kappa shape index (κ1) is 19.3. The summed E-state index contributed by atoms with van der Waals surface area (Å²) in [6.07, 6.45) is 3.31. The summed E-state index contributed by atoms with van der Waals surface area (Å²) in [5.41, 5.74) is 1.07. The maximum Gasteiger partial charge on any atom is 0.226 e. The molecule has 1 aromatic carbocycles. The minimum atomic E-state index is -0.151. The van der Waals surface area contributed by atoms with Gasteiger partial charge in [-0.2, -0.15) is 0 Å². The zero-order chi connectivity index (χ0) is 18.2. The van der Waals surface area contributed by atoms with Crippen molar-refractivity contribution < 1.29 is 14.3 Å². The molecule has 1 saturated carbocycles. The third-order valence-electron chi connectivity index (χ3n) is 4.63. The number of amides is 2. The van der Waals surface area contributed by atoms with Crippen LogP contribution in [0.25, 0.3) is 0 Å². The van der Waals surface area contributed by atoms with Crippen molar-refractivity contribution >= 4 is 11.8 Å². The van der Waals surface area contributed by atoms with Crippen molar-refractivity contribution in [3.05, 3.63) is 29.8 Å². The Labute approximate surface area is 150 Å². The molecule has 1 aliphatic carbocycles. The Kier molecular flexibility index (Phi) is 7.29. The van der Waals surface area contributed by atoms with Gasteiger partial charge in [-0.25, -0.2) is 0 Å². The van der Waals surface area contributed by atoms with Gasteiger partial charge in [0.15, 0.2) is 0 Å². The molecule has 2 atom stereocenters. The standard InChI is InChI=1S/C20H30N2O3/c1-4-12-22(13-5-2)20(24)17-14-16(17)19(23)21-11-10-15-8-6-7-9-18(15)25-3/h6-9,16-17H,4-5,10-14H2,1-3H3,(H,21,23). The number of para-hydroxylation sites is 1. The van der Waals surface area contributed by atoms with Crippen molar-refractivity contribution in [3.63, 3.8) is 0 Å². The fraction of sp³-hybridized carbons (Fsp3) is 0.600. The molecular formula is C20H30N2O3. The molecule has 0 heterocycles. The number of carbonyl (C=O) groups excluding carboxylic acids is 2. The zero-order valence-corrected chi connectivity index (χ0v) is 15.6. The summed E-state index contributed by atoms with van der Waals surface area (Å²) in [4.78, 5) is 26.7. The van der Waals surface area contributed by atoms with E-state index in [2.05, 4.69) is 19.2 Å². The van der Waals surface area contributed by atoms with E-state index in [9.17, 15) is 9.59 Å². The maximum atomic E-state index is 12.5. The van der Waals surface area contributed by atoms with Crippen LogP contribution in [0.4, 0.5) is 0 Å². The largest absolute Gasteiger partial charge is 0.496 e. The van der Waals surface area contributed by atoms with Gasteiger partial charge in [0.2, 0.25) is 11.8 Å². The molecule has 2 amide bonds. The van der Waals surface area contributed by atoms with Gasteiger partial charge in [0.1, 0.15) is 5.75 Å². The number of hydrogen-bond donors (Lipinski definition) is 1. The minimum Gasteiger partial charge on any atom is -0.496 e. The number of nitrogens with one attached hydrogen (secondary N) is 1. The van der Waals surface area contributed by atoms with Gasteiger partial charge in [-0.15, -0.1) is 0 Å². The van der Waals surface area contributed by atoms with Crippen molar-refractivity contribution in [2.45, 2.75) is 39.5 Å². The molecule has 0 spiro atoms. The highest BCUT2D eigenvalue weighted by molar-refractivity contribution is 5.92. The van der Waals surface area contributed by atoms with Gasteiger partial charge in [0.05, 0.1) is 18.9 Å². The summed E-state index contributed by atoms with van der Waals surface area (Å²) in [6.45, 7) is 6.27. The summed E-state index contributed by atoms with van der Waals surface area (Å²) >= 11 is 0. The molecule has 0 saturated heterocycles. The maximum absolute atomic E-state index is 12.5. The summed E-state index contributed by atoms with van der Waals surface area (Å²) in [5.74, 6) is 0.714. The molecular weight excluding hydrogens is 316 g/mol. The number of nitrogens with zero attached hydrogens (tertiary/aromatic N) is 1. The molecule has 1 aromatic rings. The number of hydrogen-bond acceptors (Lipinski definition) is 3. The highest BCUT2D eigenvalue weighted by Crippen LogP contribution is 2.40. The fourth-order valence-corrected chi connectivity index (χ4v) is 3.23. The zero-order valence-electron chi connectivity index (χ0n) is 15.6. The molecule has 1 N–H and O–H groups in total. The van der Waals surface area contributed by atoms with Crippen LogP contribution in [0.5, 0.6) is 5.75 Å². The summed E-state index contributed by atoms with van der Waals surface area (Å²) < 4.78 is 5.32. The van der Waals surface area contributed by atoms with Gasteiger partial charge in [-0.05, 0) is 37.3 Å². The fourth-order valence-electron chi connectivity index (χ4n) is 3.23. The molecule has 2 unspecified atom stereocenters. The Morgan fingerprint density at radius 3 is 2.48 bits per heavy atom. The van der Waals surface area contributed by atoms with Crippen molar-refractivity contribution in [2.24, 2.45) is 11.8 Å². The van der Waals surface area contributed by atoms with Crippen LogP contribution in [0, 0.1) is 11.8 Å². The van der Waals surface area contributed by atoms with E-state index in [1.165, 1.54) is 0 Å². The molecule has 5 nitrogen and oxygen atoms in total. The van der Waals surface area contributed by atoms with Crippen LogP contribution < -0.4 is 10.1 Å². The van der Waals surface area contributed by atoms with E-state index in [0.717, 1.165) is 43.7 Å². The molecule has 0 bridgehead atoms. The lowest BCUT2D eigenvalue weighted by Crippen LogP contribution is -2.35. The second-order valence-corrected chi connectivity index (χ2v) is 6.63. The number of rotatable bonds is 10. The molecule has 0 aromatic heterocycles. The van der Waals surface area contributed by atoms with E-state index in [0.29, 0.717) is 13.0 Å². The van der Waals surface area contributed by atoms with Crippen LogP contribution in [0.15, 0.2) is 24.3 Å². The number of benzene rings is 1. The second-order valence-electron chi connectivity index (χ2n) is 6.63.